The van der Waals surface area contributed by atoms with Gasteiger partial charge in [0, 0.05) is 6.42 Å². The Labute approximate surface area is 280 Å². The molecule has 0 aromatic heterocycles. The smallest absolute Gasteiger partial charge is 0.220 e. The zero-order valence-corrected chi connectivity index (χ0v) is 29.3. The second kappa shape index (κ2) is 28.9. The van der Waals surface area contributed by atoms with Gasteiger partial charge in [0.1, 0.15) is 24.4 Å². The van der Waals surface area contributed by atoms with Gasteiger partial charge in [-0.3, -0.25) is 4.79 Å². The van der Waals surface area contributed by atoms with Crippen molar-refractivity contribution in [2.45, 2.75) is 204 Å². The van der Waals surface area contributed by atoms with E-state index in [1.54, 1.807) is 0 Å². The van der Waals surface area contributed by atoms with Crippen molar-refractivity contribution >= 4 is 5.91 Å². The first-order valence-corrected chi connectivity index (χ1v) is 18.9. The molecule has 1 amide bonds. The van der Waals surface area contributed by atoms with Crippen molar-refractivity contribution in [3.05, 3.63) is 12.2 Å². The molecule has 0 saturated carbocycles. The summed E-state index contributed by atoms with van der Waals surface area (Å²) in [6.45, 7) is 3.76. The molecule has 0 bridgehead atoms. The summed E-state index contributed by atoms with van der Waals surface area (Å²) in [5.74, 6) is -0.157. The van der Waals surface area contributed by atoms with Crippen LogP contribution in [0.2, 0.25) is 0 Å². The average Bonchev–Trinajstić information content (AvgIpc) is 3.05. The number of aliphatic hydroxyl groups excluding tert-OH is 5. The fourth-order valence-corrected chi connectivity index (χ4v) is 5.98. The summed E-state index contributed by atoms with van der Waals surface area (Å²) in [5, 5.41) is 53.9. The van der Waals surface area contributed by atoms with Crippen molar-refractivity contribution in [1.82, 2.24) is 5.32 Å². The van der Waals surface area contributed by atoms with Crippen LogP contribution in [0.4, 0.5) is 0 Å². The van der Waals surface area contributed by atoms with Gasteiger partial charge < -0.3 is 40.3 Å². The minimum Gasteiger partial charge on any atom is -0.394 e. The third kappa shape index (κ3) is 20.3. The van der Waals surface area contributed by atoms with E-state index in [4.69, 9.17) is 9.47 Å². The number of allylic oxidation sites excluding steroid dienone is 2. The lowest BCUT2D eigenvalue weighted by molar-refractivity contribution is -0.302. The molecule has 0 aromatic carbocycles. The predicted octanol–water partition coefficient (Wildman–Crippen LogP) is 6.22. The Morgan fingerprint density at radius 3 is 1.76 bits per heavy atom. The number of aliphatic hydroxyl groups is 5. The molecule has 1 saturated heterocycles. The van der Waals surface area contributed by atoms with E-state index in [-0.39, 0.29) is 12.5 Å². The van der Waals surface area contributed by atoms with Crippen LogP contribution in [-0.4, -0.2) is 87.5 Å². The van der Waals surface area contributed by atoms with Crippen molar-refractivity contribution in [2.24, 2.45) is 0 Å². The summed E-state index contributed by atoms with van der Waals surface area (Å²) in [6.07, 6.45) is 22.2. The molecule has 6 N–H and O–H groups in total. The Bertz CT molecular complexity index is 736. The van der Waals surface area contributed by atoms with E-state index >= 15 is 0 Å². The van der Waals surface area contributed by atoms with E-state index in [9.17, 15) is 30.3 Å². The number of unbranched alkanes of at least 4 members (excludes halogenated alkanes) is 18. The highest BCUT2D eigenvalue weighted by atomic mass is 16.7. The average molecular weight is 658 g/mol. The van der Waals surface area contributed by atoms with Crippen LogP contribution in [0.3, 0.4) is 0 Å². The third-order valence-electron chi connectivity index (χ3n) is 9.12. The van der Waals surface area contributed by atoms with Gasteiger partial charge in [-0.1, -0.05) is 129 Å². The third-order valence-corrected chi connectivity index (χ3v) is 9.12. The van der Waals surface area contributed by atoms with Crippen LogP contribution in [0.1, 0.15) is 162 Å². The summed E-state index contributed by atoms with van der Waals surface area (Å²) in [6, 6.07) is -0.726. The van der Waals surface area contributed by atoms with Crippen LogP contribution in [0, 0.1) is 0 Å². The minimum atomic E-state index is -1.55. The van der Waals surface area contributed by atoms with Crippen LogP contribution < -0.4 is 5.32 Å². The molecule has 1 heterocycles. The first kappa shape index (κ1) is 43.0. The number of hydrogen-bond donors (Lipinski definition) is 6. The van der Waals surface area contributed by atoms with Crippen LogP contribution >= 0.6 is 0 Å². The molecule has 7 atom stereocenters. The second-order valence-corrected chi connectivity index (χ2v) is 13.4. The molecule has 0 radical (unpaired) electrons. The highest BCUT2D eigenvalue weighted by molar-refractivity contribution is 5.76. The standard InChI is InChI=1S/C37H71NO8/c1-3-5-7-9-11-13-15-17-19-21-23-25-27-33(41)38-30(29-45-37-36(44)35(43)34(42)32(28-39)46-37)31(40)26-24-22-20-18-16-14-12-10-8-6-4-2/h16,18,30-32,34-37,39-40,42-44H,3-15,17,19-29H2,1-2H3,(H,38,41)/b18-16+/t30-,31+,32+,34+,35?,36?,37+/m0/s1. The molecular weight excluding hydrogens is 586 g/mol. The topological polar surface area (TPSA) is 149 Å². The SMILES string of the molecule is CCCCCCC/C=C/CCCC[C@@H](O)[C@H](CO[C@@H]1O[C@H](CO)[C@@H](O)C(O)C1O)NC(=O)CCCCCCCCCCCCCC. The quantitative estimate of drug-likeness (QED) is 0.0394. The second-order valence-electron chi connectivity index (χ2n) is 13.4. The summed E-state index contributed by atoms with van der Waals surface area (Å²) < 4.78 is 11.2. The lowest BCUT2D eigenvalue weighted by Crippen LogP contribution is -2.60. The molecule has 9 heteroatoms. The molecule has 2 unspecified atom stereocenters. The number of hydrogen-bond acceptors (Lipinski definition) is 8. The molecule has 1 aliphatic rings. The fraction of sp³-hybridized carbons (Fsp3) is 0.919. The molecule has 1 fully saturated rings. The summed E-state index contributed by atoms with van der Waals surface area (Å²) in [4.78, 5) is 12.8. The maximum absolute atomic E-state index is 12.8. The Hall–Kier alpha value is -1.07. The van der Waals surface area contributed by atoms with Gasteiger partial charge in [0.25, 0.3) is 0 Å². The fourth-order valence-electron chi connectivity index (χ4n) is 5.98. The Balaban J connectivity index is 2.45. The number of nitrogens with one attached hydrogen (secondary N) is 1. The van der Waals surface area contributed by atoms with Crippen LogP contribution in [0.5, 0.6) is 0 Å². The van der Waals surface area contributed by atoms with Crippen LogP contribution in [0.15, 0.2) is 12.2 Å². The number of amides is 1. The molecular formula is C37H71NO8. The molecule has 9 nitrogen and oxygen atoms in total. The Kier molecular flexibility index (Phi) is 27.0. The number of carbonyl (C=O) groups is 1. The van der Waals surface area contributed by atoms with Gasteiger partial charge in [-0.25, -0.2) is 0 Å². The minimum absolute atomic E-state index is 0.147. The summed E-state index contributed by atoms with van der Waals surface area (Å²) >= 11 is 0. The molecule has 0 aliphatic carbocycles. The first-order valence-electron chi connectivity index (χ1n) is 18.9. The Morgan fingerprint density at radius 1 is 0.717 bits per heavy atom. The van der Waals surface area contributed by atoms with Gasteiger partial charge in [0.2, 0.25) is 5.91 Å². The molecule has 1 aliphatic heterocycles. The van der Waals surface area contributed by atoms with E-state index in [0.29, 0.717) is 12.8 Å². The van der Waals surface area contributed by atoms with Crippen molar-refractivity contribution in [1.29, 1.82) is 0 Å². The van der Waals surface area contributed by atoms with Gasteiger partial charge in [0.05, 0.1) is 25.4 Å². The maximum atomic E-state index is 12.8. The van der Waals surface area contributed by atoms with Crippen molar-refractivity contribution < 1.29 is 39.8 Å². The van der Waals surface area contributed by atoms with E-state index < -0.39 is 49.5 Å². The van der Waals surface area contributed by atoms with Gasteiger partial charge in [-0.2, -0.15) is 0 Å². The largest absolute Gasteiger partial charge is 0.394 e. The maximum Gasteiger partial charge on any atom is 0.220 e. The van der Waals surface area contributed by atoms with E-state index in [0.717, 1.165) is 44.9 Å². The van der Waals surface area contributed by atoms with Gasteiger partial charge in [-0.05, 0) is 38.5 Å². The zero-order chi connectivity index (χ0) is 33.8. The highest BCUT2D eigenvalue weighted by Gasteiger charge is 2.44. The van der Waals surface area contributed by atoms with Gasteiger partial charge in [-0.15, -0.1) is 0 Å². The number of rotatable bonds is 30. The monoisotopic (exact) mass is 658 g/mol. The van der Waals surface area contributed by atoms with Crippen molar-refractivity contribution in [3.8, 4) is 0 Å². The van der Waals surface area contributed by atoms with Crippen molar-refractivity contribution in [3.63, 3.8) is 0 Å². The molecule has 1 rings (SSSR count). The number of ether oxygens (including phenoxy) is 2. The van der Waals surface area contributed by atoms with E-state index in [1.807, 2.05) is 0 Å². The Morgan fingerprint density at radius 2 is 1.22 bits per heavy atom. The molecule has 0 spiro atoms. The van der Waals surface area contributed by atoms with Gasteiger partial charge in [0.15, 0.2) is 6.29 Å². The van der Waals surface area contributed by atoms with Crippen molar-refractivity contribution in [2.75, 3.05) is 13.2 Å². The highest BCUT2D eigenvalue weighted by Crippen LogP contribution is 2.23. The molecule has 0 aromatic rings. The van der Waals surface area contributed by atoms with E-state index in [2.05, 4.69) is 31.3 Å². The summed E-state index contributed by atoms with van der Waals surface area (Å²) in [5.41, 5.74) is 0. The molecule has 46 heavy (non-hydrogen) atoms. The molecule has 272 valence electrons. The van der Waals surface area contributed by atoms with Crippen LogP contribution in [0.25, 0.3) is 0 Å². The normalized spacial score (nSPS) is 23.2. The van der Waals surface area contributed by atoms with Crippen LogP contribution in [-0.2, 0) is 14.3 Å². The zero-order valence-electron chi connectivity index (χ0n) is 29.3. The lowest BCUT2D eigenvalue weighted by Gasteiger charge is -2.40. The number of carbonyl (C=O) groups excluding carboxylic acids is 1. The predicted molar refractivity (Wildman–Crippen MR) is 184 cm³/mol. The van der Waals surface area contributed by atoms with Gasteiger partial charge >= 0.3 is 0 Å². The van der Waals surface area contributed by atoms with E-state index in [1.165, 1.54) is 89.9 Å². The summed E-state index contributed by atoms with van der Waals surface area (Å²) in [7, 11) is 0. The lowest BCUT2D eigenvalue weighted by atomic mass is 9.99. The first-order chi connectivity index (χ1) is 22.3.